The van der Waals surface area contributed by atoms with E-state index in [1.165, 1.54) is 7.11 Å². The highest BCUT2D eigenvalue weighted by Gasteiger charge is 2.46. The van der Waals surface area contributed by atoms with Crippen LogP contribution in [0.4, 0.5) is 4.79 Å². The average molecular weight is 347 g/mol. The van der Waals surface area contributed by atoms with Crippen molar-refractivity contribution in [3.05, 3.63) is 35.4 Å². The molecule has 1 aromatic carbocycles. The Morgan fingerprint density at radius 1 is 1.24 bits per heavy atom. The van der Waals surface area contributed by atoms with Crippen LogP contribution in [0.1, 0.15) is 36.2 Å². The Bertz CT molecular complexity index is 701. The number of nitrogens with zero attached hydrogens (tertiary/aromatic N) is 1. The van der Waals surface area contributed by atoms with Crippen LogP contribution in [0, 0.1) is 0 Å². The molecule has 2 N–H and O–H groups in total. The van der Waals surface area contributed by atoms with Crippen LogP contribution >= 0.6 is 0 Å². The fourth-order valence-corrected chi connectivity index (χ4v) is 2.41. The van der Waals surface area contributed by atoms with Crippen molar-refractivity contribution >= 4 is 23.8 Å². The van der Waals surface area contributed by atoms with Gasteiger partial charge in [0.2, 0.25) is 5.91 Å². The number of rotatable bonds is 6. The summed E-state index contributed by atoms with van der Waals surface area (Å²) < 4.78 is 4.61. The van der Waals surface area contributed by atoms with Crippen LogP contribution in [-0.2, 0) is 20.9 Å². The molecule has 1 aliphatic heterocycles. The minimum atomic E-state index is -0.957. The number of amides is 4. The maximum Gasteiger partial charge on any atom is 0.337 e. The molecule has 0 spiro atoms. The van der Waals surface area contributed by atoms with E-state index in [-0.39, 0.29) is 13.1 Å². The van der Waals surface area contributed by atoms with Gasteiger partial charge in [0.15, 0.2) is 0 Å². The van der Waals surface area contributed by atoms with Crippen molar-refractivity contribution in [2.24, 2.45) is 0 Å². The summed E-state index contributed by atoms with van der Waals surface area (Å²) in [6.45, 7) is 3.31. The van der Waals surface area contributed by atoms with Gasteiger partial charge in [-0.15, -0.1) is 0 Å². The van der Waals surface area contributed by atoms with E-state index in [2.05, 4.69) is 15.4 Å². The summed E-state index contributed by atoms with van der Waals surface area (Å²) in [6, 6.07) is 6.00. The Kier molecular flexibility index (Phi) is 5.41. The zero-order valence-electron chi connectivity index (χ0n) is 14.4. The lowest BCUT2D eigenvalue weighted by Crippen LogP contribution is -2.44. The van der Waals surface area contributed by atoms with Crippen LogP contribution < -0.4 is 10.6 Å². The summed E-state index contributed by atoms with van der Waals surface area (Å²) in [4.78, 5) is 48.4. The third-order valence-corrected chi connectivity index (χ3v) is 4.22. The summed E-state index contributed by atoms with van der Waals surface area (Å²) in [5.74, 6) is -1.29. The molecule has 1 aromatic rings. The number of hydrogen-bond acceptors (Lipinski definition) is 5. The van der Waals surface area contributed by atoms with Gasteiger partial charge < -0.3 is 15.4 Å². The lowest BCUT2D eigenvalue weighted by Gasteiger charge is -2.19. The number of methoxy groups -OCH3 is 1. The number of imide groups is 1. The van der Waals surface area contributed by atoms with Crippen molar-refractivity contribution in [2.75, 3.05) is 13.7 Å². The normalized spacial score (nSPS) is 19.6. The highest BCUT2D eigenvalue weighted by molar-refractivity contribution is 6.08. The quantitative estimate of drug-likeness (QED) is 0.585. The molecule has 1 fully saturated rings. The van der Waals surface area contributed by atoms with Crippen molar-refractivity contribution in [1.29, 1.82) is 0 Å². The monoisotopic (exact) mass is 347 g/mol. The molecule has 0 aromatic heterocycles. The minimum Gasteiger partial charge on any atom is -0.465 e. The highest BCUT2D eigenvalue weighted by atomic mass is 16.5. The number of hydrogen-bond donors (Lipinski definition) is 2. The van der Waals surface area contributed by atoms with Crippen molar-refractivity contribution in [1.82, 2.24) is 15.5 Å². The molecular formula is C17H21N3O5. The molecular weight excluding hydrogens is 326 g/mol. The third-order valence-electron chi connectivity index (χ3n) is 4.22. The molecule has 0 unspecified atom stereocenters. The molecule has 0 radical (unpaired) electrons. The molecule has 8 nitrogen and oxygen atoms in total. The predicted octanol–water partition coefficient (Wildman–Crippen LogP) is 0.810. The van der Waals surface area contributed by atoms with E-state index in [4.69, 9.17) is 0 Å². The molecule has 2 rings (SSSR count). The molecule has 4 amide bonds. The molecule has 1 saturated heterocycles. The third kappa shape index (κ3) is 3.96. The molecule has 1 atom stereocenters. The van der Waals surface area contributed by atoms with Crippen LogP contribution in [0.15, 0.2) is 24.3 Å². The Morgan fingerprint density at radius 3 is 2.40 bits per heavy atom. The number of carbonyl (C=O) groups is 4. The fourth-order valence-electron chi connectivity index (χ4n) is 2.41. The van der Waals surface area contributed by atoms with E-state index in [1.54, 1.807) is 38.1 Å². The minimum absolute atomic E-state index is 0.217. The Labute approximate surface area is 145 Å². The van der Waals surface area contributed by atoms with E-state index in [0.717, 1.165) is 10.5 Å². The van der Waals surface area contributed by atoms with Gasteiger partial charge in [-0.1, -0.05) is 19.1 Å². The Morgan fingerprint density at radius 2 is 1.88 bits per heavy atom. The molecule has 25 heavy (non-hydrogen) atoms. The predicted molar refractivity (Wildman–Crippen MR) is 88.6 cm³/mol. The molecule has 1 heterocycles. The summed E-state index contributed by atoms with van der Waals surface area (Å²) >= 11 is 0. The van der Waals surface area contributed by atoms with E-state index in [9.17, 15) is 19.2 Å². The van der Waals surface area contributed by atoms with Gasteiger partial charge in [-0.3, -0.25) is 14.5 Å². The summed E-state index contributed by atoms with van der Waals surface area (Å²) in [6.07, 6.45) is 0.447. The summed E-state index contributed by atoms with van der Waals surface area (Å²) in [7, 11) is 1.30. The van der Waals surface area contributed by atoms with Crippen molar-refractivity contribution in [3.8, 4) is 0 Å². The van der Waals surface area contributed by atoms with Crippen LogP contribution in [-0.4, -0.2) is 47.9 Å². The first-order valence-corrected chi connectivity index (χ1v) is 7.88. The first kappa shape index (κ1) is 18.4. The van der Waals surface area contributed by atoms with Gasteiger partial charge in [0.25, 0.3) is 5.91 Å². The number of nitrogens with one attached hydrogen (secondary N) is 2. The largest absolute Gasteiger partial charge is 0.465 e. The SMILES string of the molecule is CC[C@@]1(C)NC(=O)N(CC(=O)NCc2ccc(C(=O)OC)cc2)C1=O. The van der Waals surface area contributed by atoms with E-state index in [0.29, 0.717) is 12.0 Å². The topological polar surface area (TPSA) is 105 Å². The van der Waals surface area contributed by atoms with Gasteiger partial charge >= 0.3 is 12.0 Å². The van der Waals surface area contributed by atoms with Crippen LogP contribution in [0.5, 0.6) is 0 Å². The van der Waals surface area contributed by atoms with E-state index >= 15 is 0 Å². The average Bonchev–Trinajstić information content (AvgIpc) is 2.83. The number of esters is 1. The smallest absolute Gasteiger partial charge is 0.337 e. The summed E-state index contributed by atoms with van der Waals surface area (Å²) in [5.41, 5.74) is 0.230. The van der Waals surface area contributed by atoms with Gasteiger partial charge in [0.05, 0.1) is 12.7 Å². The van der Waals surface area contributed by atoms with Crippen LogP contribution in [0.3, 0.4) is 0 Å². The second-order valence-corrected chi connectivity index (χ2v) is 5.97. The zero-order chi connectivity index (χ0) is 18.6. The van der Waals surface area contributed by atoms with Gasteiger partial charge in [0, 0.05) is 6.54 Å². The maximum absolute atomic E-state index is 12.2. The van der Waals surface area contributed by atoms with Gasteiger partial charge in [-0.05, 0) is 31.0 Å². The van der Waals surface area contributed by atoms with Gasteiger partial charge in [-0.2, -0.15) is 0 Å². The van der Waals surface area contributed by atoms with Crippen LogP contribution in [0.2, 0.25) is 0 Å². The highest BCUT2D eigenvalue weighted by Crippen LogP contribution is 2.20. The van der Waals surface area contributed by atoms with E-state index in [1.807, 2.05) is 0 Å². The number of urea groups is 1. The number of benzene rings is 1. The van der Waals surface area contributed by atoms with E-state index < -0.39 is 29.4 Å². The van der Waals surface area contributed by atoms with Crippen LogP contribution in [0.25, 0.3) is 0 Å². The second-order valence-electron chi connectivity index (χ2n) is 5.97. The summed E-state index contributed by atoms with van der Waals surface area (Å²) in [5, 5.41) is 5.24. The fraction of sp³-hybridized carbons (Fsp3) is 0.412. The Balaban J connectivity index is 1.90. The van der Waals surface area contributed by atoms with Gasteiger partial charge in [-0.25, -0.2) is 9.59 Å². The maximum atomic E-state index is 12.2. The molecule has 134 valence electrons. The number of ether oxygens (including phenoxy) is 1. The molecule has 0 aliphatic carbocycles. The van der Waals surface area contributed by atoms with Crippen molar-refractivity contribution < 1.29 is 23.9 Å². The van der Waals surface area contributed by atoms with Crippen molar-refractivity contribution in [2.45, 2.75) is 32.4 Å². The zero-order valence-corrected chi connectivity index (χ0v) is 14.4. The number of carbonyl (C=O) groups excluding carboxylic acids is 4. The second kappa shape index (κ2) is 7.33. The Hall–Kier alpha value is -2.90. The lowest BCUT2D eigenvalue weighted by atomic mass is 9.99. The van der Waals surface area contributed by atoms with Crippen molar-refractivity contribution in [3.63, 3.8) is 0 Å². The molecule has 8 heteroatoms. The molecule has 0 saturated carbocycles. The lowest BCUT2D eigenvalue weighted by molar-refractivity contribution is -0.134. The van der Waals surface area contributed by atoms with Gasteiger partial charge in [0.1, 0.15) is 12.1 Å². The first-order chi connectivity index (χ1) is 11.8. The standard InChI is InChI=1S/C17H21N3O5/c1-4-17(2)15(23)20(16(24)19-17)10-13(21)18-9-11-5-7-12(8-6-11)14(22)25-3/h5-8H,4,9-10H2,1-3H3,(H,18,21)(H,19,24)/t17-/m1/s1. The molecule has 1 aliphatic rings. The first-order valence-electron chi connectivity index (χ1n) is 7.88. The molecule has 0 bridgehead atoms.